The van der Waals surface area contributed by atoms with E-state index in [4.69, 9.17) is 5.11 Å². The van der Waals surface area contributed by atoms with Crippen molar-refractivity contribution in [2.24, 2.45) is 0 Å². The smallest absolute Gasteiger partial charge is 0.330 e. The highest BCUT2D eigenvalue weighted by molar-refractivity contribution is 5.81. The Morgan fingerprint density at radius 3 is 2.00 bits per heavy atom. The number of ether oxygens (including phenoxy) is 1. The minimum absolute atomic E-state index is 0.359. The van der Waals surface area contributed by atoms with Crippen LogP contribution >= 0.6 is 0 Å². The predicted molar refractivity (Wildman–Crippen MR) is 48.8 cm³/mol. The molecule has 0 aromatic heterocycles. The van der Waals surface area contributed by atoms with Crippen LogP contribution in [0.2, 0.25) is 0 Å². The second-order valence-corrected chi connectivity index (χ2v) is 3.13. The Labute approximate surface area is 74.0 Å². The molecule has 3 heteroatoms. The van der Waals surface area contributed by atoms with Gasteiger partial charge in [-0.15, -0.1) is 0 Å². The second-order valence-electron chi connectivity index (χ2n) is 3.13. The zero-order chi connectivity index (χ0) is 10.2. The number of rotatable bonds is 2. The first-order valence-corrected chi connectivity index (χ1v) is 3.82. The molecule has 0 radical (unpaired) electrons. The zero-order valence-electron chi connectivity index (χ0n) is 8.26. The van der Waals surface area contributed by atoms with Gasteiger partial charge in [0.15, 0.2) is 0 Å². The summed E-state index contributed by atoms with van der Waals surface area (Å²) in [5.74, 6) is -0.359. The Kier molecular flexibility index (Phi) is 7.85. The molecule has 0 fully saturated rings. The lowest BCUT2D eigenvalue weighted by atomic mass is 10.2. The number of carbonyl (C=O) groups is 1. The van der Waals surface area contributed by atoms with E-state index in [2.05, 4.69) is 11.3 Å². The van der Waals surface area contributed by atoms with Crippen molar-refractivity contribution in [3.63, 3.8) is 0 Å². The second kappa shape index (κ2) is 6.85. The molecule has 3 nitrogen and oxygen atoms in total. The fourth-order valence-corrected chi connectivity index (χ4v) is 0.201. The maximum absolute atomic E-state index is 10.1. The van der Waals surface area contributed by atoms with Crippen LogP contribution in [-0.2, 0) is 9.53 Å². The van der Waals surface area contributed by atoms with E-state index in [1.54, 1.807) is 27.7 Å². The first-order valence-electron chi connectivity index (χ1n) is 3.82. The van der Waals surface area contributed by atoms with Crippen LogP contribution in [0.4, 0.5) is 0 Å². The average molecular weight is 174 g/mol. The number of hydrogen-bond acceptors (Lipinski definition) is 3. The van der Waals surface area contributed by atoms with Crippen LogP contribution in [0, 0.1) is 0 Å². The van der Waals surface area contributed by atoms with Crippen LogP contribution in [-0.4, -0.2) is 23.3 Å². The lowest BCUT2D eigenvalue weighted by Crippen LogP contribution is -2.10. The van der Waals surface area contributed by atoms with Gasteiger partial charge in [-0.25, -0.2) is 4.79 Å². The Morgan fingerprint density at radius 2 is 1.92 bits per heavy atom. The van der Waals surface area contributed by atoms with Gasteiger partial charge >= 0.3 is 5.97 Å². The summed E-state index contributed by atoms with van der Waals surface area (Å²) >= 11 is 0. The Hall–Kier alpha value is -0.830. The monoisotopic (exact) mass is 174 g/mol. The lowest BCUT2D eigenvalue weighted by Gasteiger charge is -2.04. The van der Waals surface area contributed by atoms with Crippen molar-refractivity contribution >= 4 is 5.97 Å². The highest BCUT2D eigenvalue weighted by Gasteiger charge is 1.97. The molecule has 0 spiro atoms. The molecule has 0 amide bonds. The molecule has 0 heterocycles. The number of carbonyl (C=O) groups excluding carboxylic acids is 1. The maximum atomic E-state index is 10.1. The van der Waals surface area contributed by atoms with Crippen molar-refractivity contribution in [3.05, 3.63) is 12.7 Å². The van der Waals surface area contributed by atoms with Crippen molar-refractivity contribution in [2.45, 2.75) is 33.3 Å². The Balaban J connectivity index is 0. The van der Waals surface area contributed by atoms with Gasteiger partial charge in [0.1, 0.15) is 0 Å². The molecular weight excluding hydrogens is 156 g/mol. The molecule has 0 saturated carbocycles. The van der Waals surface area contributed by atoms with Crippen molar-refractivity contribution in [2.75, 3.05) is 6.61 Å². The summed E-state index contributed by atoms with van der Waals surface area (Å²) in [6.07, 6.45) is 1.14. The largest absolute Gasteiger partial charge is 0.463 e. The van der Waals surface area contributed by atoms with Crippen molar-refractivity contribution in [1.29, 1.82) is 0 Å². The molecule has 0 unspecified atom stereocenters. The predicted octanol–water partition coefficient (Wildman–Crippen LogP) is 1.51. The van der Waals surface area contributed by atoms with Crippen molar-refractivity contribution in [1.82, 2.24) is 0 Å². The molecule has 0 aromatic rings. The summed E-state index contributed by atoms with van der Waals surface area (Å²) in [5.41, 5.74) is -0.500. The molecule has 0 bridgehead atoms. The van der Waals surface area contributed by atoms with Crippen LogP contribution in [0.1, 0.15) is 27.7 Å². The minimum Gasteiger partial charge on any atom is -0.463 e. The quantitative estimate of drug-likeness (QED) is 0.510. The van der Waals surface area contributed by atoms with Gasteiger partial charge in [0.25, 0.3) is 0 Å². The highest BCUT2D eigenvalue weighted by Crippen LogP contribution is 1.93. The van der Waals surface area contributed by atoms with Gasteiger partial charge in [0.2, 0.25) is 0 Å². The average Bonchev–Trinajstić information content (AvgIpc) is 1.85. The topological polar surface area (TPSA) is 46.5 Å². The van der Waals surface area contributed by atoms with Gasteiger partial charge in [-0.2, -0.15) is 0 Å². The van der Waals surface area contributed by atoms with Gasteiger partial charge in [-0.05, 0) is 27.7 Å². The molecule has 0 aromatic carbocycles. The number of esters is 1. The molecule has 0 aliphatic heterocycles. The van der Waals surface area contributed by atoms with Gasteiger partial charge in [-0.1, -0.05) is 6.58 Å². The molecule has 72 valence electrons. The molecular formula is C9H18O3. The van der Waals surface area contributed by atoms with Gasteiger partial charge in [0.05, 0.1) is 12.2 Å². The third-order valence-electron chi connectivity index (χ3n) is 0.453. The van der Waals surface area contributed by atoms with E-state index in [0.29, 0.717) is 6.61 Å². The zero-order valence-corrected chi connectivity index (χ0v) is 8.26. The standard InChI is InChI=1S/C5H8O2.C4H10O/c1-3-5(6)7-4-2;1-4(2,3)5/h3H,1,4H2,2H3;5H,1-3H3. The minimum atomic E-state index is -0.500. The van der Waals surface area contributed by atoms with E-state index in [1.807, 2.05) is 0 Å². The normalized spacial score (nSPS) is 9.42. The molecule has 0 atom stereocenters. The molecule has 0 saturated heterocycles. The molecule has 12 heavy (non-hydrogen) atoms. The van der Waals surface area contributed by atoms with E-state index >= 15 is 0 Å². The Morgan fingerprint density at radius 1 is 1.58 bits per heavy atom. The fourth-order valence-electron chi connectivity index (χ4n) is 0.201. The summed E-state index contributed by atoms with van der Waals surface area (Å²) in [6.45, 7) is 10.6. The lowest BCUT2D eigenvalue weighted by molar-refractivity contribution is -0.137. The van der Waals surface area contributed by atoms with Crippen LogP contribution in [0.15, 0.2) is 12.7 Å². The van der Waals surface area contributed by atoms with E-state index in [1.165, 1.54) is 0 Å². The van der Waals surface area contributed by atoms with Crippen LogP contribution < -0.4 is 0 Å². The molecule has 0 aliphatic rings. The van der Waals surface area contributed by atoms with E-state index in [9.17, 15) is 4.79 Å². The molecule has 0 rings (SSSR count). The summed E-state index contributed by atoms with van der Waals surface area (Å²) in [6, 6.07) is 0. The van der Waals surface area contributed by atoms with E-state index in [0.717, 1.165) is 6.08 Å². The highest BCUT2D eigenvalue weighted by atomic mass is 16.5. The summed E-state index contributed by atoms with van der Waals surface area (Å²) in [7, 11) is 0. The van der Waals surface area contributed by atoms with Crippen LogP contribution in [0.5, 0.6) is 0 Å². The summed E-state index contributed by atoms with van der Waals surface area (Å²) < 4.78 is 4.43. The summed E-state index contributed by atoms with van der Waals surface area (Å²) in [5, 5.41) is 8.52. The van der Waals surface area contributed by atoms with Gasteiger partial charge < -0.3 is 9.84 Å². The molecule has 0 aliphatic carbocycles. The van der Waals surface area contributed by atoms with Gasteiger partial charge in [-0.3, -0.25) is 0 Å². The number of aliphatic hydroxyl groups is 1. The van der Waals surface area contributed by atoms with Crippen molar-refractivity contribution in [3.8, 4) is 0 Å². The molecule has 1 N–H and O–H groups in total. The third kappa shape index (κ3) is 35.2. The Bertz CT molecular complexity index is 127. The first kappa shape index (κ1) is 13.7. The summed E-state index contributed by atoms with van der Waals surface area (Å²) in [4.78, 5) is 10.1. The SMILES string of the molecule is C=CC(=O)OCC.CC(C)(C)O. The fraction of sp³-hybridized carbons (Fsp3) is 0.667. The van der Waals surface area contributed by atoms with Gasteiger partial charge in [0, 0.05) is 6.08 Å². The van der Waals surface area contributed by atoms with Crippen molar-refractivity contribution < 1.29 is 14.6 Å². The van der Waals surface area contributed by atoms with Crippen LogP contribution in [0.3, 0.4) is 0 Å². The first-order chi connectivity index (χ1) is 5.31. The van der Waals surface area contributed by atoms with Crippen LogP contribution in [0.25, 0.3) is 0 Å². The third-order valence-corrected chi connectivity index (χ3v) is 0.453. The number of hydrogen-bond donors (Lipinski definition) is 1. The van der Waals surface area contributed by atoms with E-state index < -0.39 is 5.60 Å². The maximum Gasteiger partial charge on any atom is 0.330 e. The van der Waals surface area contributed by atoms with E-state index in [-0.39, 0.29) is 5.97 Å².